The fourth-order valence-electron chi connectivity index (χ4n) is 2.20. The third kappa shape index (κ3) is 3.93. The Labute approximate surface area is 124 Å². The summed E-state index contributed by atoms with van der Waals surface area (Å²) in [5.41, 5.74) is 0.488. The van der Waals surface area contributed by atoms with Crippen molar-refractivity contribution in [2.45, 2.75) is 11.7 Å². The lowest BCUT2D eigenvalue weighted by Crippen LogP contribution is -2.57. The molecule has 110 valence electrons. The van der Waals surface area contributed by atoms with Gasteiger partial charge in [-0.05, 0) is 19.2 Å². The van der Waals surface area contributed by atoms with E-state index in [2.05, 4.69) is 15.5 Å². The molecule has 6 heteroatoms. The molecule has 0 bridgehead atoms. The van der Waals surface area contributed by atoms with Crippen LogP contribution in [0.15, 0.2) is 30.3 Å². The van der Waals surface area contributed by atoms with E-state index >= 15 is 0 Å². The van der Waals surface area contributed by atoms with Gasteiger partial charge in [0, 0.05) is 18.7 Å². The van der Waals surface area contributed by atoms with Crippen LogP contribution in [0.2, 0.25) is 0 Å². The molecule has 0 spiro atoms. The van der Waals surface area contributed by atoms with E-state index in [0.717, 1.165) is 6.54 Å². The molecule has 2 atom stereocenters. The molecule has 2 unspecified atom stereocenters. The number of hydrogen-bond acceptors (Lipinski definition) is 4. The topological polar surface area (TPSA) is 53.6 Å². The maximum absolute atomic E-state index is 12.0. The molecular weight excluding hydrogens is 278 g/mol. The molecule has 0 aliphatic carbocycles. The Morgan fingerprint density at radius 3 is 2.90 bits per heavy atom. The molecule has 1 aromatic rings. The number of halogens is 1. The minimum atomic E-state index is -0.171. The van der Waals surface area contributed by atoms with E-state index in [4.69, 9.17) is 16.3 Å². The van der Waals surface area contributed by atoms with Crippen LogP contribution in [-0.4, -0.2) is 55.8 Å². The Morgan fingerprint density at radius 1 is 1.50 bits per heavy atom. The molecule has 1 heterocycles. The van der Waals surface area contributed by atoms with E-state index in [1.807, 2.05) is 25.2 Å². The summed E-state index contributed by atoms with van der Waals surface area (Å²) in [5, 5.41) is 6.11. The summed E-state index contributed by atoms with van der Waals surface area (Å²) in [5.74, 6) is -0.0785. The summed E-state index contributed by atoms with van der Waals surface area (Å²) in [6.45, 7) is 2.41. The standard InChI is InChI=1S/C14H20ClN3O2/c1-16-13(18-7-8-20-10-12(18)15)9-17-14(19)11-5-3-2-4-6-11/h2-6,12-13,16H,7-10H2,1H3,(H,17,19). The summed E-state index contributed by atoms with van der Waals surface area (Å²) in [4.78, 5) is 14.1. The second-order valence-electron chi connectivity index (χ2n) is 4.63. The summed E-state index contributed by atoms with van der Waals surface area (Å²) < 4.78 is 5.31. The van der Waals surface area contributed by atoms with E-state index < -0.39 is 0 Å². The minimum Gasteiger partial charge on any atom is -0.377 e. The average molecular weight is 298 g/mol. The molecule has 20 heavy (non-hydrogen) atoms. The Morgan fingerprint density at radius 2 is 2.25 bits per heavy atom. The maximum Gasteiger partial charge on any atom is 0.251 e. The molecule has 2 N–H and O–H groups in total. The maximum atomic E-state index is 12.0. The van der Waals surface area contributed by atoms with Crippen LogP contribution in [0.3, 0.4) is 0 Å². The zero-order valence-electron chi connectivity index (χ0n) is 11.5. The number of carbonyl (C=O) groups is 1. The van der Waals surface area contributed by atoms with Gasteiger partial charge >= 0.3 is 0 Å². The molecule has 1 amide bonds. The van der Waals surface area contributed by atoms with Crippen LogP contribution in [0.25, 0.3) is 0 Å². The van der Waals surface area contributed by atoms with Crippen molar-refractivity contribution in [2.75, 3.05) is 33.4 Å². The monoisotopic (exact) mass is 297 g/mol. The number of ether oxygens (including phenoxy) is 1. The third-order valence-electron chi connectivity index (χ3n) is 3.33. The lowest BCUT2D eigenvalue weighted by molar-refractivity contribution is -0.00488. The molecule has 1 aromatic carbocycles. The van der Waals surface area contributed by atoms with Gasteiger partial charge in [-0.3, -0.25) is 9.69 Å². The largest absolute Gasteiger partial charge is 0.377 e. The highest BCUT2D eigenvalue weighted by molar-refractivity contribution is 6.20. The predicted molar refractivity (Wildman–Crippen MR) is 78.8 cm³/mol. The highest BCUT2D eigenvalue weighted by Crippen LogP contribution is 2.13. The number of amides is 1. The Bertz CT molecular complexity index is 430. The summed E-state index contributed by atoms with van der Waals surface area (Å²) >= 11 is 6.24. The second-order valence-corrected chi connectivity index (χ2v) is 5.13. The van der Waals surface area contributed by atoms with Crippen LogP contribution in [0.5, 0.6) is 0 Å². The number of alkyl halides is 1. The summed E-state index contributed by atoms with van der Waals surface area (Å²) in [6, 6.07) is 9.17. The van der Waals surface area contributed by atoms with Gasteiger partial charge in [-0.25, -0.2) is 0 Å². The fraction of sp³-hybridized carbons (Fsp3) is 0.500. The van der Waals surface area contributed by atoms with Gasteiger partial charge in [-0.15, -0.1) is 11.6 Å². The fourth-order valence-corrected chi connectivity index (χ4v) is 2.53. The number of hydrogen-bond donors (Lipinski definition) is 2. The zero-order chi connectivity index (χ0) is 14.4. The van der Waals surface area contributed by atoms with Crippen LogP contribution < -0.4 is 10.6 Å². The number of rotatable bonds is 5. The minimum absolute atomic E-state index is 0.00550. The smallest absolute Gasteiger partial charge is 0.251 e. The molecule has 1 saturated heterocycles. The molecule has 1 aliphatic heterocycles. The number of carbonyl (C=O) groups excluding carboxylic acids is 1. The van der Waals surface area contributed by atoms with E-state index in [1.54, 1.807) is 12.1 Å². The molecule has 1 aliphatic rings. The highest BCUT2D eigenvalue weighted by Gasteiger charge is 2.27. The van der Waals surface area contributed by atoms with Crippen LogP contribution in [0.4, 0.5) is 0 Å². The van der Waals surface area contributed by atoms with Crippen molar-refractivity contribution in [3.63, 3.8) is 0 Å². The molecule has 1 fully saturated rings. The van der Waals surface area contributed by atoms with Crippen LogP contribution >= 0.6 is 11.6 Å². The Hall–Kier alpha value is -1.14. The third-order valence-corrected chi connectivity index (χ3v) is 3.71. The van der Waals surface area contributed by atoms with Gasteiger partial charge in [0.05, 0.1) is 19.4 Å². The van der Waals surface area contributed by atoms with Crippen molar-refractivity contribution in [1.29, 1.82) is 0 Å². The molecule has 2 rings (SSSR count). The van der Waals surface area contributed by atoms with Crippen molar-refractivity contribution in [3.8, 4) is 0 Å². The molecule has 0 aromatic heterocycles. The van der Waals surface area contributed by atoms with Gasteiger partial charge < -0.3 is 15.4 Å². The van der Waals surface area contributed by atoms with Gasteiger partial charge in [0.1, 0.15) is 5.50 Å². The molecular formula is C14H20ClN3O2. The van der Waals surface area contributed by atoms with E-state index in [0.29, 0.717) is 25.3 Å². The van der Waals surface area contributed by atoms with Crippen molar-refractivity contribution in [3.05, 3.63) is 35.9 Å². The first-order valence-electron chi connectivity index (χ1n) is 6.70. The van der Waals surface area contributed by atoms with Gasteiger partial charge in [0.15, 0.2) is 0 Å². The van der Waals surface area contributed by atoms with Gasteiger partial charge in [0.25, 0.3) is 5.91 Å². The van der Waals surface area contributed by atoms with Crippen LogP contribution in [0, 0.1) is 0 Å². The normalized spacial score (nSPS) is 21.4. The average Bonchev–Trinajstić information content (AvgIpc) is 2.50. The number of morpholine rings is 1. The summed E-state index contributed by atoms with van der Waals surface area (Å²) in [7, 11) is 1.86. The Kier molecular flexibility index (Phi) is 5.79. The molecule has 5 nitrogen and oxygen atoms in total. The van der Waals surface area contributed by atoms with Crippen molar-refractivity contribution in [1.82, 2.24) is 15.5 Å². The summed E-state index contributed by atoms with van der Waals surface area (Å²) in [6.07, 6.45) is -0.00550. The predicted octanol–water partition coefficient (Wildman–Crippen LogP) is 0.859. The van der Waals surface area contributed by atoms with E-state index in [1.165, 1.54) is 0 Å². The van der Waals surface area contributed by atoms with E-state index in [9.17, 15) is 4.79 Å². The van der Waals surface area contributed by atoms with Crippen molar-refractivity contribution < 1.29 is 9.53 Å². The van der Waals surface area contributed by atoms with Gasteiger partial charge in [-0.1, -0.05) is 18.2 Å². The Balaban J connectivity index is 1.89. The second kappa shape index (κ2) is 7.59. The molecule has 0 radical (unpaired) electrons. The van der Waals surface area contributed by atoms with Gasteiger partial charge in [0.2, 0.25) is 0 Å². The lowest BCUT2D eigenvalue weighted by Gasteiger charge is -2.37. The number of benzene rings is 1. The number of likely N-dealkylation sites (N-methyl/N-ethyl adjacent to an activating group) is 1. The lowest BCUT2D eigenvalue weighted by atomic mass is 10.2. The first-order chi connectivity index (χ1) is 9.72. The number of nitrogens with zero attached hydrogens (tertiary/aromatic N) is 1. The van der Waals surface area contributed by atoms with Gasteiger partial charge in [-0.2, -0.15) is 0 Å². The highest BCUT2D eigenvalue weighted by atomic mass is 35.5. The first-order valence-corrected chi connectivity index (χ1v) is 7.14. The number of nitrogens with one attached hydrogen (secondary N) is 2. The first kappa shape index (κ1) is 15.3. The van der Waals surface area contributed by atoms with Crippen molar-refractivity contribution in [2.24, 2.45) is 0 Å². The van der Waals surface area contributed by atoms with E-state index in [-0.39, 0.29) is 17.6 Å². The van der Waals surface area contributed by atoms with Crippen molar-refractivity contribution >= 4 is 17.5 Å². The van der Waals surface area contributed by atoms with Crippen LogP contribution in [0.1, 0.15) is 10.4 Å². The van der Waals surface area contributed by atoms with Crippen LogP contribution in [-0.2, 0) is 4.74 Å². The molecule has 0 saturated carbocycles. The SMILES string of the molecule is CNC(CNC(=O)c1ccccc1)N1CCOCC1Cl. The zero-order valence-corrected chi connectivity index (χ0v) is 12.3. The quantitative estimate of drug-likeness (QED) is 0.625.